The van der Waals surface area contributed by atoms with Crippen LogP contribution in [-0.4, -0.2) is 19.9 Å². The largest absolute Gasteiger partial charge is 0.399 e. The molecule has 0 fully saturated rings. The van der Waals surface area contributed by atoms with Crippen LogP contribution in [0.25, 0.3) is 22.6 Å². The van der Waals surface area contributed by atoms with Gasteiger partial charge in [-0.3, -0.25) is 9.97 Å². The van der Waals surface area contributed by atoms with E-state index in [0.29, 0.717) is 22.7 Å². The highest BCUT2D eigenvalue weighted by molar-refractivity contribution is 5.74. The summed E-state index contributed by atoms with van der Waals surface area (Å²) in [5, 5.41) is 0. The summed E-state index contributed by atoms with van der Waals surface area (Å²) in [6.45, 7) is 2.08. The summed E-state index contributed by atoms with van der Waals surface area (Å²) < 4.78 is 0. The molecule has 2 aromatic carbocycles. The molecule has 4 N–H and O–H groups in total. The van der Waals surface area contributed by atoms with Crippen molar-refractivity contribution >= 4 is 17.0 Å². The summed E-state index contributed by atoms with van der Waals surface area (Å²) in [5.41, 5.74) is 10.7. The molecule has 25 heavy (non-hydrogen) atoms. The normalized spacial score (nSPS) is 12.4. The molecule has 0 aliphatic rings. The molecular weight excluding hydrogens is 314 g/mol. The Balaban J connectivity index is 1.97. The molecule has 0 saturated heterocycles. The molecule has 0 aliphatic heterocycles. The van der Waals surface area contributed by atoms with Gasteiger partial charge in [0.1, 0.15) is 0 Å². The van der Waals surface area contributed by atoms with Crippen LogP contribution >= 0.6 is 0 Å². The zero-order chi connectivity index (χ0) is 17.4. The minimum absolute atomic E-state index is 0.00735. The summed E-state index contributed by atoms with van der Waals surface area (Å²) >= 11 is 0. The van der Waals surface area contributed by atoms with E-state index in [9.17, 15) is 4.79 Å². The highest BCUT2D eigenvalue weighted by Crippen LogP contribution is 2.32. The van der Waals surface area contributed by atoms with Gasteiger partial charge in [0.2, 0.25) is 0 Å². The Morgan fingerprint density at radius 2 is 1.68 bits per heavy atom. The lowest BCUT2D eigenvalue weighted by molar-refractivity contribution is 0.871. The second kappa shape index (κ2) is 5.90. The fourth-order valence-electron chi connectivity index (χ4n) is 2.97. The van der Waals surface area contributed by atoms with Gasteiger partial charge < -0.3 is 5.73 Å². The van der Waals surface area contributed by atoms with E-state index in [1.165, 1.54) is 0 Å². The van der Waals surface area contributed by atoms with Gasteiger partial charge in [-0.15, -0.1) is 0 Å². The summed E-state index contributed by atoms with van der Waals surface area (Å²) in [7, 11) is 0. The Bertz CT molecular complexity index is 1100. The zero-order valence-electron chi connectivity index (χ0n) is 13.7. The number of nitrogens with two attached hydrogens (primary N) is 1. The van der Waals surface area contributed by atoms with Gasteiger partial charge in [0.05, 0.1) is 11.4 Å². The van der Waals surface area contributed by atoms with Crippen molar-refractivity contribution in [1.29, 1.82) is 0 Å². The zero-order valence-corrected chi connectivity index (χ0v) is 13.7. The van der Waals surface area contributed by atoms with Crippen molar-refractivity contribution in [2.75, 3.05) is 5.73 Å². The average Bonchev–Trinajstić information content (AvgIpc) is 3.00. The van der Waals surface area contributed by atoms with Gasteiger partial charge in [-0.25, -0.2) is 14.8 Å². The number of H-pyrrole nitrogens is 2. The number of anilines is 1. The van der Waals surface area contributed by atoms with Crippen molar-refractivity contribution in [2.45, 2.75) is 12.8 Å². The van der Waals surface area contributed by atoms with E-state index in [0.717, 1.165) is 16.8 Å². The van der Waals surface area contributed by atoms with E-state index < -0.39 is 0 Å². The SMILES string of the molecule is CC(c1ccccc1)c1nc2[nH]c(=O)[nH]c2nc1-c1cccc(N)c1. The predicted molar refractivity (Wildman–Crippen MR) is 98.3 cm³/mol. The minimum Gasteiger partial charge on any atom is -0.399 e. The van der Waals surface area contributed by atoms with Crippen LogP contribution in [0, 0.1) is 0 Å². The number of imidazole rings is 1. The van der Waals surface area contributed by atoms with Crippen LogP contribution in [0.2, 0.25) is 0 Å². The molecule has 1 unspecified atom stereocenters. The van der Waals surface area contributed by atoms with Crippen LogP contribution in [0.3, 0.4) is 0 Å². The Morgan fingerprint density at radius 3 is 2.40 bits per heavy atom. The lowest BCUT2D eigenvalue weighted by Gasteiger charge is -2.15. The average molecular weight is 331 g/mol. The topological polar surface area (TPSA) is 100 Å². The predicted octanol–water partition coefficient (Wildman–Crippen LogP) is 3.05. The molecule has 0 amide bonds. The van der Waals surface area contributed by atoms with Crippen molar-refractivity contribution in [1.82, 2.24) is 19.9 Å². The molecule has 0 radical (unpaired) electrons. The van der Waals surface area contributed by atoms with Crippen LogP contribution in [0.4, 0.5) is 5.69 Å². The molecule has 0 saturated carbocycles. The van der Waals surface area contributed by atoms with Crippen LogP contribution in [0.5, 0.6) is 0 Å². The summed E-state index contributed by atoms with van der Waals surface area (Å²) in [6, 6.07) is 17.6. The summed E-state index contributed by atoms with van der Waals surface area (Å²) in [6.07, 6.45) is 0. The molecule has 0 aliphatic carbocycles. The summed E-state index contributed by atoms with van der Waals surface area (Å²) in [5.74, 6) is 0.00735. The number of hydrogen-bond donors (Lipinski definition) is 3. The van der Waals surface area contributed by atoms with Gasteiger partial charge in [-0.2, -0.15) is 0 Å². The number of rotatable bonds is 3. The van der Waals surface area contributed by atoms with E-state index in [4.69, 9.17) is 5.73 Å². The van der Waals surface area contributed by atoms with Crippen molar-refractivity contribution in [2.24, 2.45) is 0 Å². The van der Waals surface area contributed by atoms with E-state index in [-0.39, 0.29) is 11.6 Å². The van der Waals surface area contributed by atoms with E-state index >= 15 is 0 Å². The molecule has 6 heteroatoms. The number of nitrogens with zero attached hydrogens (tertiary/aromatic N) is 2. The monoisotopic (exact) mass is 331 g/mol. The Hall–Kier alpha value is -3.41. The number of hydrogen-bond acceptors (Lipinski definition) is 4. The van der Waals surface area contributed by atoms with Crippen molar-refractivity contribution in [3.8, 4) is 11.3 Å². The maximum atomic E-state index is 11.6. The van der Waals surface area contributed by atoms with E-state index in [1.54, 1.807) is 0 Å². The maximum Gasteiger partial charge on any atom is 0.326 e. The smallest absolute Gasteiger partial charge is 0.326 e. The highest BCUT2D eigenvalue weighted by atomic mass is 16.1. The molecule has 2 heterocycles. The number of benzene rings is 2. The standard InChI is InChI=1S/C19H17N5O/c1-11(12-6-3-2-4-7-12)15-16(13-8-5-9-14(20)10-13)22-18-17(21-15)23-19(25)24-18/h2-11H,20H2,1H3,(H2,21,22,23,24,25). The minimum atomic E-state index is -0.321. The quantitative estimate of drug-likeness (QED) is 0.502. The van der Waals surface area contributed by atoms with Crippen molar-refractivity contribution in [3.05, 3.63) is 76.3 Å². The molecule has 0 spiro atoms. The lowest BCUT2D eigenvalue weighted by Crippen LogP contribution is -2.05. The molecule has 1 atom stereocenters. The fourth-order valence-corrected chi connectivity index (χ4v) is 2.97. The Kier molecular flexibility index (Phi) is 3.57. The van der Waals surface area contributed by atoms with Crippen LogP contribution < -0.4 is 11.4 Å². The molecule has 4 rings (SSSR count). The van der Waals surface area contributed by atoms with Gasteiger partial charge in [-0.1, -0.05) is 49.4 Å². The van der Waals surface area contributed by atoms with Gasteiger partial charge in [0.25, 0.3) is 0 Å². The molecule has 4 aromatic rings. The number of nitrogens with one attached hydrogen (secondary N) is 2. The second-order valence-corrected chi connectivity index (χ2v) is 5.99. The van der Waals surface area contributed by atoms with E-state index in [1.807, 2.05) is 42.5 Å². The molecule has 124 valence electrons. The number of aromatic amines is 2. The molecule has 2 aromatic heterocycles. The third kappa shape index (κ3) is 2.78. The van der Waals surface area contributed by atoms with Crippen LogP contribution in [0.15, 0.2) is 59.4 Å². The summed E-state index contributed by atoms with van der Waals surface area (Å²) in [4.78, 5) is 26.3. The number of fused-ring (bicyclic) bond motifs is 1. The third-order valence-corrected chi connectivity index (χ3v) is 4.26. The highest BCUT2D eigenvalue weighted by Gasteiger charge is 2.19. The van der Waals surface area contributed by atoms with Crippen molar-refractivity contribution < 1.29 is 0 Å². The first-order chi connectivity index (χ1) is 12.1. The number of aromatic nitrogens is 4. The molecule has 6 nitrogen and oxygen atoms in total. The first-order valence-electron chi connectivity index (χ1n) is 8.02. The van der Waals surface area contributed by atoms with E-state index in [2.05, 4.69) is 39.0 Å². The van der Waals surface area contributed by atoms with Gasteiger partial charge in [0, 0.05) is 17.2 Å². The van der Waals surface area contributed by atoms with Gasteiger partial charge >= 0.3 is 5.69 Å². The molecular formula is C19H17N5O. The van der Waals surface area contributed by atoms with Crippen molar-refractivity contribution in [3.63, 3.8) is 0 Å². The lowest BCUT2D eigenvalue weighted by atomic mass is 9.94. The second-order valence-electron chi connectivity index (χ2n) is 5.99. The van der Waals surface area contributed by atoms with Crippen LogP contribution in [-0.2, 0) is 0 Å². The number of nitrogen functional groups attached to an aromatic ring is 1. The first-order valence-corrected chi connectivity index (χ1v) is 8.02. The Labute approximate surface area is 143 Å². The molecule has 0 bridgehead atoms. The Morgan fingerprint density at radius 1 is 0.960 bits per heavy atom. The van der Waals surface area contributed by atoms with Gasteiger partial charge in [0.15, 0.2) is 11.3 Å². The fraction of sp³-hybridized carbons (Fsp3) is 0.105. The third-order valence-electron chi connectivity index (χ3n) is 4.26. The first kappa shape index (κ1) is 15.1. The van der Waals surface area contributed by atoms with Crippen LogP contribution in [0.1, 0.15) is 24.1 Å². The maximum absolute atomic E-state index is 11.6. The van der Waals surface area contributed by atoms with Gasteiger partial charge in [-0.05, 0) is 17.7 Å².